The van der Waals surface area contributed by atoms with Crippen LogP contribution in [-0.2, 0) is 0 Å². The third kappa shape index (κ3) is 2.43. The summed E-state index contributed by atoms with van der Waals surface area (Å²) in [6.07, 6.45) is 0. The van der Waals surface area contributed by atoms with Gasteiger partial charge in [0.15, 0.2) is 17.4 Å². The second-order valence-electron chi connectivity index (χ2n) is 2.23. The summed E-state index contributed by atoms with van der Waals surface area (Å²) in [6.45, 7) is 0. The standard InChI is InChI=1S/C9H5BrF2O/c10-3-1-2-6-4-7(11)9(12)8(13)5-6/h4-5,13H,3H2. The van der Waals surface area contributed by atoms with Gasteiger partial charge in [-0.15, -0.1) is 0 Å². The van der Waals surface area contributed by atoms with Crippen molar-refractivity contribution in [3.8, 4) is 17.6 Å². The number of hydrogen-bond acceptors (Lipinski definition) is 1. The Morgan fingerprint density at radius 2 is 2.08 bits per heavy atom. The van der Waals surface area contributed by atoms with Crippen molar-refractivity contribution < 1.29 is 13.9 Å². The Morgan fingerprint density at radius 1 is 1.38 bits per heavy atom. The van der Waals surface area contributed by atoms with Crippen LogP contribution in [0.3, 0.4) is 0 Å². The molecule has 1 aromatic rings. The predicted molar refractivity (Wildman–Crippen MR) is 48.7 cm³/mol. The van der Waals surface area contributed by atoms with Crippen molar-refractivity contribution in [2.75, 3.05) is 5.33 Å². The molecule has 4 heteroatoms. The summed E-state index contributed by atoms with van der Waals surface area (Å²) in [5.41, 5.74) is 0.246. The largest absolute Gasteiger partial charge is 0.505 e. The number of alkyl halides is 1. The Kier molecular flexibility index (Phi) is 3.26. The van der Waals surface area contributed by atoms with E-state index in [9.17, 15) is 8.78 Å². The van der Waals surface area contributed by atoms with Crippen LogP contribution < -0.4 is 0 Å². The van der Waals surface area contributed by atoms with Crippen LogP contribution >= 0.6 is 15.9 Å². The number of benzene rings is 1. The molecule has 0 aliphatic heterocycles. The summed E-state index contributed by atoms with van der Waals surface area (Å²) in [7, 11) is 0. The zero-order chi connectivity index (χ0) is 9.84. The van der Waals surface area contributed by atoms with E-state index in [0.717, 1.165) is 12.1 Å². The third-order valence-electron chi connectivity index (χ3n) is 1.31. The first-order valence-corrected chi connectivity index (χ1v) is 4.50. The van der Waals surface area contributed by atoms with Gasteiger partial charge in [-0.2, -0.15) is 4.39 Å². The molecule has 0 amide bonds. The normalized spacial score (nSPS) is 9.15. The van der Waals surface area contributed by atoms with Crippen molar-refractivity contribution in [3.63, 3.8) is 0 Å². The number of aromatic hydroxyl groups is 1. The molecule has 0 saturated carbocycles. The molecule has 1 nitrogen and oxygen atoms in total. The second-order valence-corrected chi connectivity index (χ2v) is 2.79. The Morgan fingerprint density at radius 3 is 2.62 bits per heavy atom. The molecule has 0 saturated heterocycles. The van der Waals surface area contributed by atoms with Crippen LogP contribution in [0.1, 0.15) is 5.56 Å². The lowest BCUT2D eigenvalue weighted by molar-refractivity contribution is 0.407. The van der Waals surface area contributed by atoms with Crippen LogP contribution in [0.25, 0.3) is 0 Å². The van der Waals surface area contributed by atoms with Gasteiger partial charge in [0.25, 0.3) is 0 Å². The average Bonchev–Trinajstić information content (AvgIpc) is 2.10. The van der Waals surface area contributed by atoms with Gasteiger partial charge in [0.1, 0.15) is 0 Å². The fourth-order valence-corrected chi connectivity index (χ4v) is 0.922. The molecule has 0 aromatic heterocycles. The minimum Gasteiger partial charge on any atom is -0.505 e. The lowest BCUT2D eigenvalue weighted by Crippen LogP contribution is -1.86. The summed E-state index contributed by atoms with van der Waals surface area (Å²) in [4.78, 5) is 0. The van der Waals surface area contributed by atoms with Crippen LogP contribution in [-0.4, -0.2) is 10.4 Å². The maximum Gasteiger partial charge on any atom is 0.200 e. The number of hydrogen-bond donors (Lipinski definition) is 1. The Hall–Kier alpha value is -1.08. The average molecular weight is 247 g/mol. The lowest BCUT2D eigenvalue weighted by atomic mass is 10.2. The van der Waals surface area contributed by atoms with Gasteiger partial charge >= 0.3 is 0 Å². The van der Waals surface area contributed by atoms with Crippen molar-refractivity contribution >= 4 is 15.9 Å². The minimum absolute atomic E-state index is 0.246. The molecular weight excluding hydrogens is 242 g/mol. The van der Waals surface area contributed by atoms with Gasteiger partial charge < -0.3 is 5.11 Å². The number of phenols is 1. The van der Waals surface area contributed by atoms with Crippen LogP contribution in [0, 0.1) is 23.5 Å². The van der Waals surface area contributed by atoms with Crippen molar-refractivity contribution in [1.29, 1.82) is 0 Å². The van der Waals surface area contributed by atoms with Gasteiger partial charge in [-0.25, -0.2) is 4.39 Å². The lowest BCUT2D eigenvalue weighted by Gasteiger charge is -1.97. The predicted octanol–water partition coefficient (Wildman–Crippen LogP) is 2.42. The smallest absolute Gasteiger partial charge is 0.200 e. The molecule has 0 spiro atoms. The zero-order valence-electron chi connectivity index (χ0n) is 6.44. The molecular formula is C9H5BrF2O. The molecule has 0 radical (unpaired) electrons. The monoisotopic (exact) mass is 246 g/mol. The highest BCUT2D eigenvalue weighted by molar-refractivity contribution is 9.09. The van der Waals surface area contributed by atoms with Crippen molar-refractivity contribution in [2.45, 2.75) is 0 Å². The van der Waals surface area contributed by atoms with Crippen LogP contribution in [0.5, 0.6) is 5.75 Å². The molecule has 0 aliphatic carbocycles. The molecule has 0 aliphatic rings. The Balaban J connectivity index is 3.13. The minimum atomic E-state index is -1.25. The Labute approximate surface area is 82.5 Å². The van der Waals surface area contributed by atoms with Crippen LogP contribution in [0.15, 0.2) is 12.1 Å². The SMILES string of the molecule is Oc1cc(C#CCBr)cc(F)c1F. The fourth-order valence-electron chi connectivity index (χ4n) is 0.782. The first kappa shape index (κ1) is 10.0. The van der Waals surface area contributed by atoms with E-state index in [2.05, 4.69) is 27.8 Å². The molecule has 1 aromatic carbocycles. The topological polar surface area (TPSA) is 20.2 Å². The molecule has 0 heterocycles. The first-order valence-electron chi connectivity index (χ1n) is 3.38. The molecule has 68 valence electrons. The summed E-state index contributed by atoms with van der Waals surface area (Å²) in [5.74, 6) is 2.08. The Bertz CT molecular complexity index is 356. The molecule has 0 bridgehead atoms. The first-order chi connectivity index (χ1) is 6.15. The highest BCUT2D eigenvalue weighted by Gasteiger charge is 2.07. The van der Waals surface area contributed by atoms with E-state index in [1.807, 2.05) is 0 Å². The van der Waals surface area contributed by atoms with Crippen LogP contribution in [0.4, 0.5) is 8.78 Å². The summed E-state index contributed by atoms with van der Waals surface area (Å²) in [6, 6.07) is 2.01. The summed E-state index contributed by atoms with van der Waals surface area (Å²) >= 11 is 3.05. The van der Waals surface area contributed by atoms with Crippen LogP contribution in [0.2, 0.25) is 0 Å². The number of halogens is 3. The maximum absolute atomic E-state index is 12.7. The van der Waals surface area contributed by atoms with Crippen molar-refractivity contribution in [2.24, 2.45) is 0 Å². The molecule has 1 N–H and O–H groups in total. The van der Waals surface area contributed by atoms with Gasteiger partial charge in [-0.05, 0) is 12.1 Å². The molecule has 0 atom stereocenters. The van der Waals surface area contributed by atoms with Gasteiger partial charge in [0.2, 0.25) is 0 Å². The molecule has 1 rings (SSSR count). The second kappa shape index (κ2) is 4.24. The zero-order valence-corrected chi connectivity index (χ0v) is 8.03. The van der Waals surface area contributed by atoms with Crippen molar-refractivity contribution in [1.82, 2.24) is 0 Å². The van der Waals surface area contributed by atoms with Gasteiger partial charge in [0.05, 0.1) is 5.33 Å². The number of phenolic OH excluding ortho intramolecular Hbond substituents is 1. The van der Waals surface area contributed by atoms with E-state index in [1.165, 1.54) is 0 Å². The van der Waals surface area contributed by atoms with E-state index in [4.69, 9.17) is 5.11 Å². The third-order valence-corrected chi connectivity index (χ3v) is 1.59. The fraction of sp³-hybridized carbons (Fsp3) is 0.111. The molecule has 13 heavy (non-hydrogen) atoms. The maximum atomic E-state index is 12.7. The molecule has 0 unspecified atom stereocenters. The quantitative estimate of drug-likeness (QED) is 0.551. The highest BCUT2D eigenvalue weighted by Crippen LogP contribution is 2.19. The number of rotatable bonds is 0. The van der Waals surface area contributed by atoms with E-state index in [0.29, 0.717) is 5.33 Å². The van der Waals surface area contributed by atoms with E-state index in [1.54, 1.807) is 0 Å². The highest BCUT2D eigenvalue weighted by atomic mass is 79.9. The van der Waals surface area contributed by atoms with Gasteiger partial charge in [0, 0.05) is 5.56 Å². The van der Waals surface area contributed by atoms with Gasteiger partial charge in [-0.3, -0.25) is 0 Å². The van der Waals surface area contributed by atoms with E-state index < -0.39 is 17.4 Å². The van der Waals surface area contributed by atoms with Gasteiger partial charge in [-0.1, -0.05) is 27.8 Å². The van der Waals surface area contributed by atoms with Crippen molar-refractivity contribution in [3.05, 3.63) is 29.3 Å². The molecule has 0 fully saturated rings. The van der Waals surface area contributed by atoms with E-state index >= 15 is 0 Å². The van der Waals surface area contributed by atoms with E-state index in [-0.39, 0.29) is 5.56 Å². The summed E-state index contributed by atoms with van der Waals surface area (Å²) in [5, 5.41) is 9.32. The summed E-state index contributed by atoms with van der Waals surface area (Å²) < 4.78 is 25.2.